The van der Waals surface area contributed by atoms with Crippen LogP contribution in [0.1, 0.15) is 30.5 Å². The molecule has 72 valence electrons. The monoisotopic (exact) mass is 179 g/mol. The molecule has 1 heterocycles. The first-order valence-corrected chi connectivity index (χ1v) is 4.89. The molecular formula is C10H17N3. The van der Waals surface area contributed by atoms with Crippen molar-refractivity contribution in [1.82, 2.24) is 9.78 Å². The van der Waals surface area contributed by atoms with E-state index in [4.69, 9.17) is 5.73 Å². The standard InChI is InChI=1S/C10H17N3/c1-8-6-12-13(2)9(8)10(7-11)4-3-5-10/h6H,3-5,7,11H2,1-2H3. The lowest BCUT2D eigenvalue weighted by molar-refractivity contribution is 0.236. The highest BCUT2D eigenvalue weighted by atomic mass is 15.3. The molecule has 1 aliphatic carbocycles. The first-order chi connectivity index (χ1) is 6.19. The van der Waals surface area contributed by atoms with Crippen molar-refractivity contribution < 1.29 is 0 Å². The third kappa shape index (κ3) is 1.10. The maximum Gasteiger partial charge on any atom is 0.0521 e. The average Bonchev–Trinajstić information content (AvgIpc) is 2.35. The van der Waals surface area contributed by atoms with Crippen LogP contribution in [0.5, 0.6) is 0 Å². The molecule has 3 heteroatoms. The topological polar surface area (TPSA) is 43.8 Å². The summed E-state index contributed by atoms with van der Waals surface area (Å²) < 4.78 is 1.99. The fraction of sp³-hybridized carbons (Fsp3) is 0.700. The Labute approximate surface area is 78.9 Å². The minimum Gasteiger partial charge on any atom is -0.330 e. The third-order valence-corrected chi connectivity index (χ3v) is 3.33. The second-order valence-electron chi connectivity index (χ2n) is 4.14. The van der Waals surface area contributed by atoms with E-state index in [0.29, 0.717) is 0 Å². The highest BCUT2D eigenvalue weighted by Crippen LogP contribution is 2.43. The molecule has 0 bridgehead atoms. The Morgan fingerprint density at radius 2 is 2.31 bits per heavy atom. The number of aromatic nitrogens is 2. The van der Waals surface area contributed by atoms with Crippen LogP contribution in [0.25, 0.3) is 0 Å². The molecule has 1 aromatic heterocycles. The Kier molecular flexibility index (Phi) is 1.91. The fourth-order valence-corrected chi connectivity index (χ4v) is 2.45. The van der Waals surface area contributed by atoms with Crippen molar-refractivity contribution in [3.63, 3.8) is 0 Å². The molecule has 0 unspecified atom stereocenters. The van der Waals surface area contributed by atoms with E-state index < -0.39 is 0 Å². The van der Waals surface area contributed by atoms with E-state index in [1.165, 1.54) is 30.5 Å². The van der Waals surface area contributed by atoms with E-state index in [2.05, 4.69) is 12.0 Å². The fourth-order valence-electron chi connectivity index (χ4n) is 2.45. The van der Waals surface area contributed by atoms with E-state index in [-0.39, 0.29) is 5.41 Å². The molecule has 0 aromatic carbocycles. The van der Waals surface area contributed by atoms with Gasteiger partial charge in [0.25, 0.3) is 0 Å². The van der Waals surface area contributed by atoms with Gasteiger partial charge in [-0.15, -0.1) is 0 Å². The van der Waals surface area contributed by atoms with Crippen LogP contribution < -0.4 is 5.73 Å². The van der Waals surface area contributed by atoms with Crippen LogP contribution in [-0.4, -0.2) is 16.3 Å². The van der Waals surface area contributed by atoms with Crippen LogP contribution in [0.4, 0.5) is 0 Å². The predicted octanol–water partition coefficient (Wildman–Crippen LogP) is 1.11. The van der Waals surface area contributed by atoms with E-state index in [9.17, 15) is 0 Å². The smallest absolute Gasteiger partial charge is 0.0521 e. The normalized spacial score (nSPS) is 19.9. The lowest BCUT2D eigenvalue weighted by Crippen LogP contribution is -2.43. The van der Waals surface area contributed by atoms with Crippen molar-refractivity contribution in [3.05, 3.63) is 17.5 Å². The number of hydrogen-bond donors (Lipinski definition) is 1. The Morgan fingerprint density at radius 3 is 2.62 bits per heavy atom. The third-order valence-electron chi connectivity index (χ3n) is 3.33. The summed E-state index contributed by atoms with van der Waals surface area (Å²) in [6.45, 7) is 2.88. The number of nitrogens with zero attached hydrogens (tertiary/aromatic N) is 2. The molecule has 2 rings (SSSR count). The second-order valence-corrected chi connectivity index (χ2v) is 4.14. The van der Waals surface area contributed by atoms with Gasteiger partial charge >= 0.3 is 0 Å². The Balaban J connectivity index is 2.43. The van der Waals surface area contributed by atoms with Crippen LogP contribution >= 0.6 is 0 Å². The highest BCUT2D eigenvalue weighted by molar-refractivity contribution is 5.28. The summed E-state index contributed by atoms with van der Waals surface area (Å²) in [6, 6.07) is 0. The largest absolute Gasteiger partial charge is 0.330 e. The van der Waals surface area contributed by atoms with Gasteiger partial charge in [0, 0.05) is 24.7 Å². The zero-order valence-corrected chi connectivity index (χ0v) is 8.38. The van der Waals surface area contributed by atoms with Crippen molar-refractivity contribution >= 4 is 0 Å². The summed E-state index contributed by atoms with van der Waals surface area (Å²) in [5.41, 5.74) is 8.74. The van der Waals surface area contributed by atoms with E-state index >= 15 is 0 Å². The van der Waals surface area contributed by atoms with Gasteiger partial charge in [0.1, 0.15) is 0 Å². The Hall–Kier alpha value is -0.830. The van der Waals surface area contributed by atoms with E-state index in [1.54, 1.807) is 0 Å². The summed E-state index contributed by atoms with van der Waals surface area (Å²) in [5, 5.41) is 4.27. The van der Waals surface area contributed by atoms with Gasteiger partial charge in [-0.1, -0.05) is 6.42 Å². The van der Waals surface area contributed by atoms with E-state index in [1.807, 2.05) is 17.9 Å². The van der Waals surface area contributed by atoms with Gasteiger partial charge in [0.05, 0.1) is 6.20 Å². The van der Waals surface area contributed by atoms with Crippen LogP contribution in [0.3, 0.4) is 0 Å². The van der Waals surface area contributed by atoms with Gasteiger partial charge in [0.15, 0.2) is 0 Å². The van der Waals surface area contributed by atoms with Gasteiger partial charge in [-0.2, -0.15) is 5.10 Å². The Morgan fingerprint density at radius 1 is 1.62 bits per heavy atom. The zero-order valence-electron chi connectivity index (χ0n) is 8.38. The molecule has 0 amide bonds. The summed E-state index contributed by atoms with van der Waals surface area (Å²) >= 11 is 0. The molecule has 0 radical (unpaired) electrons. The second kappa shape index (κ2) is 2.84. The average molecular weight is 179 g/mol. The molecule has 1 aliphatic rings. The number of hydrogen-bond acceptors (Lipinski definition) is 2. The van der Waals surface area contributed by atoms with Gasteiger partial charge in [-0.05, 0) is 25.3 Å². The lowest BCUT2D eigenvalue weighted by Gasteiger charge is -2.41. The van der Waals surface area contributed by atoms with Crippen molar-refractivity contribution in [3.8, 4) is 0 Å². The minimum atomic E-state index is 0.245. The Bertz CT molecular complexity index is 285. The molecule has 2 N–H and O–H groups in total. The van der Waals surface area contributed by atoms with Gasteiger partial charge in [-0.25, -0.2) is 0 Å². The maximum atomic E-state index is 5.86. The van der Waals surface area contributed by atoms with E-state index in [0.717, 1.165) is 6.54 Å². The van der Waals surface area contributed by atoms with Crippen LogP contribution in [0.15, 0.2) is 6.20 Å². The maximum absolute atomic E-state index is 5.86. The number of rotatable bonds is 2. The summed E-state index contributed by atoms with van der Waals surface area (Å²) in [4.78, 5) is 0. The lowest BCUT2D eigenvalue weighted by atomic mass is 9.66. The quantitative estimate of drug-likeness (QED) is 0.739. The van der Waals surface area contributed by atoms with Gasteiger partial charge in [0.2, 0.25) is 0 Å². The van der Waals surface area contributed by atoms with Crippen LogP contribution in [-0.2, 0) is 12.5 Å². The van der Waals surface area contributed by atoms with Crippen LogP contribution in [0.2, 0.25) is 0 Å². The number of aryl methyl sites for hydroxylation is 2. The summed E-state index contributed by atoms with van der Waals surface area (Å²) in [6.07, 6.45) is 5.70. The molecule has 0 saturated heterocycles. The van der Waals surface area contributed by atoms with Gasteiger partial charge < -0.3 is 5.73 Å². The highest BCUT2D eigenvalue weighted by Gasteiger charge is 2.40. The minimum absolute atomic E-state index is 0.245. The van der Waals surface area contributed by atoms with Gasteiger partial charge in [-0.3, -0.25) is 4.68 Å². The summed E-state index contributed by atoms with van der Waals surface area (Å²) in [5.74, 6) is 0. The molecule has 1 saturated carbocycles. The number of nitrogens with two attached hydrogens (primary N) is 1. The molecule has 13 heavy (non-hydrogen) atoms. The molecule has 0 spiro atoms. The first-order valence-electron chi connectivity index (χ1n) is 4.89. The molecule has 0 atom stereocenters. The molecule has 0 aliphatic heterocycles. The van der Waals surface area contributed by atoms with Crippen molar-refractivity contribution in [2.24, 2.45) is 12.8 Å². The molecule has 1 fully saturated rings. The first kappa shape index (κ1) is 8.75. The van der Waals surface area contributed by atoms with Crippen molar-refractivity contribution in [2.45, 2.75) is 31.6 Å². The van der Waals surface area contributed by atoms with Crippen molar-refractivity contribution in [1.29, 1.82) is 0 Å². The zero-order chi connectivity index (χ0) is 9.47. The molecule has 1 aromatic rings. The van der Waals surface area contributed by atoms with Crippen molar-refractivity contribution in [2.75, 3.05) is 6.54 Å². The summed E-state index contributed by atoms with van der Waals surface area (Å²) in [7, 11) is 2.01. The molecule has 3 nitrogen and oxygen atoms in total. The molecular weight excluding hydrogens is 162 g/mol. The SMILES string of the molecule is Cc1cnn(C)c1C1(CN)CCC1. The predicted molar refractivity (Wildman–Crippen MR) is 52.5 cm³/mol. The van der Waals surface area contributed by atoms with Crippen LogP contribution in [0, 0.1) is 6.92 Å².